The van der Waals surface area contributed by atoms with Crippen LogP contribution in [0.25, 0.3) is 0 Å². The van der Waals surface area contributed by atoms with Gasteiger partial charge in [0.25, 0.3) is 10.8 Å². The molecule has 0 bridgehead atoms. The summed E-state index contributed by atoms with van der Waals surface area (Å²) in [7, 11) is -2.85. The van der Waals surface area contributed by atoms with Crippen molar-refractivity contribution in [2.24, 2.45) is 0 Å². The van der Waals surface area contributed by atoms with E-state index in [4.69, 9.17) is 16.3 Å². The topological polar surface area (TPSA) is 84.0 Å². The molecule has 0 saturated carbocycles. The number of amides is 2. The first kappa shape index (κ1) is 22.4. The molecule has 2 amide bonds. The van der Waals surface area contributed by atoms with E-state index in [0.29, 0.717) is 5.75 Å². The van der Waals surface area contributed by atoms with Gasteiger partial charge in [0.2, 0.25) is 5.91 Å². The number of methoxy groups -OCH3 is 1. The Labute approximate surface area is 200 Å². The van der Waals surface area contributed by atoms with Crippen LogP contribution in [0.2, 0.25) is 5.02 Å². The van der Waals surface area contributed by atoms with Gasteiger partial charge in [-0.15, -0.1) is 0 Å². The van der Waals surface area contributed by atoms with Gasteiger partial charge < -0.3 is 9.64 Å². The van der Waals surface area contributed by atoms with Crippen molar-refractivity contribution in [1.82, 2.24) is 0 Å². The molecule has 5 rings (SSSR count). The monoisotopic (exact) mass is 500 g/mol. The van der Waals surface area contributed by atoms with Crippen LogP contribution < -0.4 is 14.5 Å². The van der Waals surface area contributed by atoms with Crippen molar-refractivity contribution in [2.45, 2.75) is 11.4 Å². The Morgan fingerprint density at radius 3 is 2.41 bits per heavy atom. The Balaban J connectivity index is 1.73. The van der Waals surface area contributed by atoms with E-state index in [9.17, 15) is 22.4 Å². The average molecular weight is 501 g/mol. The molecular weight excluding hydrogens is 483 g/mol. The molecule has 0 aliphatic carbocycles. The SMILES string of the molecule is COc1ccc(N2C(=O)CS(=O)(=O)[C@@]23C(=O)N(Cc2c(F)cccc2Cl)c2ccccc23)cc1. The molecule has 34 heavy (non-hydrogen) atoms. The Hall–Kier alpha value is -3.43. The maximum Gasteiger partial charge on any atom is 0.274 e. The van der Waals surface area contributed by atoms with Gasteiger partial charge >= 0.3 is 0 Å². The fraction of sp³-hybridized carbons (Fsp3) is 0.167. The summed E-state index contributed by atoms with van der Waals surface area (Å²) in [5.74, 6) is -2.57. The molecule has 174 valence electrons. The van der Waals surface area contributed by atoms with E-state index in [1.807, 2.05) is 0 Å². The maximum absolute atomic E-state index is 14.6. The summed E-state index contributed by atoms with van der Waals surface area (Å²) in [5, 5.41) is 0.101. The van der Waals surface area contributed by atoms with E-state index in [0.717, 1.165) is 4.90 Å². The summed E-state index contributed by atoms with van der Waals surface area (Å²) >= 11 is 6.19. The van der Waals surface area contributed by atoms with Gasteiger partial charge in [-0.1, -0.05) is 35.9 Å². The molecule has 10 heteroatoms. The third-order valence-corrected chi connectivity index (χ3v) is 8.59. The summed E-state index contributed by atoms with van der Waals surface area (Å²) in [6.45, 7) is -0.302. The highest BCUT2D eigenvalue weighted by Crippen LogP contribution is 2.53. The number of sulfone groups is 1. The Morgan fingerprint density at radius 2 is 1.74 bits per heavy atom. The molecule has 2 heterocycles. The first-order valence-corrected chi connectivity index (χ1v) is 12.3. The number of halogens is 2. The number of rotatable bonds is 4. The van der Waals surface area contributed by atoms with E-state index < -0.39 is 38.1 Å². The summed E-state index contributed by atoms with van der Waals surface area (Å²) in [5.41, 5.74) is 0.667. The molecule has 0 aromatic heterocycles. The predicted molar refractivity (Wildman–Crippen MR) is 125 cm³/mol. The average Bonchev–Trinajstić information content (AvgIpc) is 3.18. The molecule has 2 aliphatic heterocycles. The standard InChI is InChI=1S/C24H18ClFN2O5S/c1-33-16-11-9-15(10-12-16)28-22(29)14-34(31,32)24(28)18-5-2-3-8-21(18)27(23(24)30)13-17-19(25)6-4-7-20(17)26/h2-12H,13-14H2,1H3/t24-/m0/s1. The molecule has 0 unspecified atom stereocenters. The minimum Gasteiger partial charge on any atom is -0.497 e. The van der Waals surface area contributed by atoms with Crippen LogP contribution in [0.1, 0.15) is 11.1 Å². The molecule has 3 aromatic rings. The smallest absolute Gasteiger partial charge is 0.274 e. The van der Waals surface area contributed by atoms with Crippen molar-refractivity contribution in [3.05, 3.63) is 88.7 Å². The molecule has 3 aromatic carbocycles. The number of carbonyl (C=O) groups is 2. The van der Waals surface area contributed by atoms with Gasteiger partial charge in [-0.25, -0.2) is 12.8 Å². The number of benzene rings is 3. The third kappa shape index (κ3) is 2.97. The van der Waals surface area contributed by atoms with Gasteiger partial charge in [0, 0.05) is 21.8 Å². The summed E-state index contributed by atoms with van der Waals surface area (Å²) < 4.78 is 46.9. The largest absolute Gasteiger partial charge is 0.497 e. The van der Waals surface area contributed by atoms with Gasteiger partial charge in [0.05, 0.1) is 19.3 Å². The second-order valence-electron chi connectivity index (χ2n) is 7.94. The van der Waals surface area contributed by atoms with Crippen molar-refractivity contribution in [1.29, 1.82) is 0 Å². The molecule has 1 spiro atoms. The highest BCUT2D eigenvalue weighted by atomic mass is 35.5. The van der Waals surface area contributed by atoms with Crippen molar-refractivity contribution in [2.75, 3.05) is 22.7 Å². The van der Waals surface area contributed by atoms with Crippen LogP contribution in [0.5, 0.6) is 5.75 Å². The lowest BCUT2D eigenvalue weighted by molar-refractivity contribution is -0.123. The minimum absolute atomic E-state index is 0.0436. The molecule has 0 radical (unpaired) electrons. The molecule has 7 nitrogen and oxygen atoms in total. The number of anilines is 2. The molecular formula is C24H18ClFN2O5S. The maximum atomic E-state index is 14.6. The Morgan fingerprint density at radius 1 is 1.03 bits per heavy atom. The number of para-hydroxylation sites is 1. The number of hydrogen-bond donors (Lipinski definition) is 0. The zero-order valence-electron chi connectivity index (χ0n) is 17.9. The highest BCUT2D eigenvalue weighted by molar-refractivity contribution is 7.94. The molecule has 0 N–H and O–H groups in total. The van der Waals surface area contributed by atoms with Crippen LogP contribution in [0.3, 0.4) is 0 Å². The van der Waals surface area contributed by atoms with Crippen LogP contribution in [0.15, 0.2) is 66.7 Å². The number of carbonyl (C=O) groups excluding carboxylic acids is 2. The second kappa shape index (κ2) is 7.82. The van der Waals surface area contributed by atoms with Gasteiger partial charge in [-0.2, -0.15) is 0 Å². The van der Waals surface area contributed by atoms with E-state index in [2.05, 4.69) is 0 Å². The van der Waals surface area contributed by atoms with E-state index in [-0.39, 0.29) is 34.1 Å². The second-order valence-corrected chi connectivity index (χ2v) is 10.5. The lowest BCUT2D eigenvalue weighted by Gasteiger charge is -2.32. The zero-order chi connectivity index (χ0) is 24.3. The van der Waals surface area contributed by atoms with Crippen LogP contribution in [-0.2, 0) is 30.8 Å². The predicted octanol–water partition coefficient (Wildman–Crippen LogP) is 3.65. The van der Waals surface area contributed by atoms with Crippen LogP contribution >= 0.6 is 11.6 Å². The van der Waals surface area contributed by atoms with E-state index in [1.165, 1.54) is 48.4 Å². The lowest BCUT2D eigenvalue weighted by atomic mass is 10.0. The Bertz CT molecular complexity index is 1420. The van der Waals surface area contributed by atoms with Crippen molar-refractivity contribution >= 4 is 44.6 Å². The number of nitrogens with zero attached hydrogens (tertiary/aromatic N) is 2. The van der Waals surface area contributed by atoms with Crippen LogP contribution in [0.4, 0.5) is 15.8 Å². The van der Waals surface area contributed by atoms with E-state index >= 15 is 0 Å². The summed E-state index contributed by atoms with van der Waals surface area (Å²) in [6, 6.07) is 16.6. The molecule has 1 fully saturated rings. The molecule has 2 aliphatic rings. The highest BCUT2D eigenvalue weighted by Gasteiger charge is 2.69. The number of hydrogen-bond acceptors (Lipinski definition) is 5. The normalized spacial score (nSPS) is 20.8. The number of ether oxygens (including phenoxy) is 1. The molecule has 1 atom stereocenters. The van der Waals surface area contributed by atoms with Gasteiger partial charge in [-0.3, -0.25) is 14.5 Å². The summed E-state index contributed by atoms with van der Waals surface area (Å²) in [4.78, 5) is 27.0. The van der Waals surface area contributed by atoms with Gasteiger partial charge in [0.1, 0.15) is 17.3 Å². The van der Waals surface area contributed by atoms with Crippen LogP contribution in [0, 0.1) is 5.82 Å². The molecule has 1 saturated heterocycles. The van der Waals surface area contributed by atoms with E-state index in [1.54, 1.807) is 30.3 Å². The minimum atomic E-state index is -4.33. The lowest BCUT2D eigenvalue weighted by Crippen LogP contribution is -2.54. The van der Waals surface area contributed by atoms with Crippen LogP contribution in [-0.4, -0.2) is 33.1 Å². The quantitative estimate of drug-likeness (QED) is 0.546. The van der Waals surface area contributed by atoms with Crippen molar-refractivity contribution in [3.63, 3.8) is 0 Å². The van der Waals surface area contributed by atoms with Gasteiger partial charge in [0.15, 0.2) is 9.84 Å². The first-order valence-electron chi connectivity index (χ1n) is 10.3. The third-order valence-electron chi connectivity index (χ3n) is 6.13. The fourth-order valence-electron chi connectivity index (χ4n) is 4.62. The zero-order valence-corrected chi connectivity index (χ0v) is 19.4. The van der Waals surface area contributed by atoms with Crippen molar-refractivity contribution < 1.29 is 27.1 Å². The van der Waals surface area contributed by atoms with Gasteiger partial charge in [-0.05, 0) is 42.5 Å². The number of fused-ring (bicyclic) bond motifs is 2. The summed E-state index contributed by atoms with van der Waals surface area (Å²) in [6.07, 6.45) is 0. The van der Waals surface area contributed by atoms with Crippen molar-refractivity contribution in [3.8, 4) is 5.75 Å². The fourth-order valence-corrected chi connectivity index (χ4v) is 6.88. The first-order chi connectivity index (χ1) is 16.2. The Kier molecular flexibility index (Phi) is 5.14.